The molecule has 24 heavy (non-hydrogen) atoms. The summed E-state index contributed by atoms with van der Waals surface area (Å²) in [4.78, 5) is 17.1. The number of anilines is 1. The van der Waals surface area contributed by atoms with E-state index < -0.39 is 0 Å². The number of hydrogen-bond donors (Lipinski definition) is 2. The Morgan fingerprint density at radius 1 is 1.38 bits per heavy atom. The molecule has 2 fully saturated rings. The molecule has 2 aliphatic rings. The second-order valence-corrected chi connectivity index (χ2v) is 7.45. The van der Waals surface area contributed by atoms with Gasteiger partial charge in [-0.2, -0.15) is 0 Å². The van der Waals surface area contributed by atoms with Gasteiger partial charge in [0.1, 0.15) is 11.3 Å². The van der Waals surface area contributed by atoms with E-state index in [2.05, 4.69) is 15.6 Å². The van der Waals surface area contributed by atoms with Crippen molar-refractivity contribution >= 4 is 45.0 Å². The molecule has 1 amide bonds. The highest BCUT2D eigenvalue weighted by Crippen LogP contribution is 2.35. The van der Waals surface area contributed by atoms with Crippen LogP contribution in [0.2, 0.25) is 0 Å². The Morgan fingerprint density at radius 3 is 3.00 bits per heavy atom. The average Bonchev–Trinajstić information content (AvgIpc) is 3.17. The topological polar surface area (TPSA) is 63.2 Å². The van der Waals surface area contributed by atoms with Crippen LogP contribution in [0.5, 0.6) is 5.75 Å². The number of rotatable bonds is 3. The predicted molar refractivity (Wildman–Crippen MR) is 99.3 cm³/mol. The number of nitrogens with zero attached hydrogens (tertiary/aromatic N) is 1. The van der Waals surface area contributed by atoms with Crippen molar-refractivity contribution in [1.29, 1.82) is 0 Å². The number of nitrogens with one attached hydrogen (secondary N) is 2. The molecule has 3 unspecified atom stereocenters. The Kier molecular flexibility index (Phi) is 5.27. The summed E-state index contributed by atoms with van der Waals surface area (Å²) >= 11 is 1.49. The lowest BCUT2D eigenvalue weighted by Crippen LogP contribution is -2.39. The molecule has 5 nitrogen and oxygen atoms in total. The van der Waals surface area contributed by atoms with Crippen molar-refractivity contribution < 1.29 is 9.53 Å². The maximum Gasteiger partial charge on any atom is 0.243 e. The molecule has 3 atom stereocenters. The van der Waals surface area contributed by atoms with Crippen molar-refractivity contribution in [2.75, 3.05) is 12.4 Å². The molecule has 130 valence electrons. The van der Waals surface area contributed by atoms with Gasteiger partial charge < -0.3 is 15.4 Å². The van der Waals surface area contributed by atoms with Crippen molar-refractivity contribution in [3.63, 3.8) is 0 Å². The van der Waals surface area contributed by atoms with Crippen molar-refractivity contribution in [2.24, 2.45) is 5.92 Å². The lowest BCUT2D eigenvalue weighted by molar-refractivity contribution is -0.117. The van der Waals surface area contributed by atoms with Gasteiger partial charge in [-0.15, -0.1) is 12.4 Å². The SMILES string of the molecule is COc1cccc2sc(NC(=O)C3CC4CCCCC4N3)nc12.Cl. The highest BCUT2D eigenvalue weighted by atomic mass is 35.5. The van der Waals surface area contributed by atoms with Gasteiger partial charge in [0.05, 0.1) is 17.9 Å². The predicted octanol–water partition coefficient (Wildman–Crippen LogP) is 3.59. The number of hydrogen-bond acceptors (Lipinski definition) is 5. The summed E-state index contributed by atoms with van der Waals surface area (Å²) in [5.74, 6) is 1.44. The summed E-state index contributed by atoms with van der Waals surface area (Å²) < 4.78 is 6.35. The lowest BCUT2D eigenvalue weighted by Gasteiger charge is -2.24. The van der Waals surface area contributed by atoms with Gasteiger partial charge in [-0.05, 0) is 37.3 Å². The van der Waals surface area contributed by atoms with E-state index in [9.17, 15) is 4.79 Å². The Bertz CT molecular complexity index is 722. The second-order valence-electron chi connectivity index (χ2n) is 6.42. The van der Waals surface area contributed by atoms with Gasteiger partial charge >= 0.3 is 0 Å². The van der Waals surface area contributed by atoms with Crippen molar-refractivity contribution in [2.45, 2.75) is 44.2 Å². The lowest BCUT2D eigenvalue weighted by atomic mass is 9.85. The van der Waals surface area contributed by atoms with Crippen LogP contribution in [-0.4, -0.2) is 30.1 Å². The van der Waals surface area contributed by atoms with Gasteiger partial charge in [0, 0.05) is 6.04 Å². The van der Waals surface area contributed by atoms with Crippen LogP contribution in [0, 0.1) is 5.92 Å². The second kappa shape index (κ2) is 7.25. The largest absolute Gasteiger partial charge is 0.494 e. The summed E-state index contributed by atoms with van der Waals surface area (Å²) in [5.41, 5.74) is 0.809. The van der Waals surface area contributed by atoms with E-state index >= 15 is 0 Å². The van der Waals surface area contributed by atoms with E-state index in [1.165, 1.54) is 37.0 Å². The Hall–Kier alpha value is -1.37. The summed E-state index contributed by atoms with van der Waals surface area (Å²) in [7, 11) is 1.64. The number of halogens is 1. The zero-order chi connectivity index (χ0) is 15.8. The molecular weight excluding hydrogens is 346 g/mol. The van der Waals surface area contributed by atoms with Crippen LogP contribution in [0.4, 0.5) is 5.13 Å². The first-order valence-electron chi connectivity index (χ1n) is 8.25. The van der Waals surface area contributed by atoms with Crippen LogP contribution in [-0.2, 0) is 4.79 Å². The van der Waals surface area contributed by atoms with E-state index in [4.69, 9.17) is 4.74 Å². The van der Waals surface area contributed by atoms with E-state index in [0.29, 0.717) is 17.1 Å². The van der Waals surface area contributed by atoms with Crippen LogP contribution in [0.15, 0.2) is 18.2 Å². The number of ether oxygens (including phenoxy) is 1. The number of methoxy groups -OCH3 is 1. The number of benzene rings is 1. The number of aromatic nitrogens is 1. The summed E-state index contributed by atoms with van der Waals surface area (Å²) in [5, 5.41) is 7.14. The first-order valence-corrected chi connectivity index (χ1v) is 9.06. The van der Waals surface area contributed by atoms with Crippen LogP contribution in [0.25, 0.3) is 10.2 Å². The number of thiazole rings is 1. The van der Waals surface area contributed by atoms with Crippen LogP contribution in [0.3, 0.4) is 0 Å². The first kappa shape index (κ1) is 17.5. The molecule has 1 saturated heterocycles. The zero-order valence-corrected chi connectivity index (χ0v) is 15.2. The van der Waals surface area contributed by atoms with Crippen LogP contribution >= 0.6 is 23.7 Å². The first-order chi connectivity index (χ1) is 11.2. The zero-order valence-electron chi connectivity index (χ0n) is 13.6. The Morgan fingerprint density at radius 2 is 2.21 bits per heavy atom. The Balaban J connectivity index is 0.00000169. The van der Waals surface area contributed by atoms with E-state index in [1.54, 1.807) is 7.11 Å². The monoisotopic (exact) mass is 367 g/mol. The quantitative estimate of drug-likeness (QED) is 0.870. The third-order valence-electron chi connectivity index (χ3n) is 5.01. The van der Waals surface area contributed by atoms with Gasteiger partial charge in [0.2, 0.25) is 5.91 Å². The van der Waals surface area contributed by atoms with Crippen LogP contribution < -0.4 is 15.4 Å². The van der Waals surface area contributed by atoms with Crippen LogP contribution in [0.1, 0.15) is 32.1 Å². The summed E-state index contributed by atoms with van der Waals surface area (Å²) in [6.45, 7) is 0. The van der Waals surface area contributed by atoms with Gasteiger partial charge in [-0.3, -0.25) is 4.79 Å². The number of fused-ring (bicyclic) bond motifs is 2. The number of amides is 1. The number of carbonyl (C=O) groups is 1. The standard InChI is InChI=1S/C17H21N3O2S.ClH/c1-22-13-7-4-8-14-15(13)19-17(23-14)20-16(21)12-9-10-5-2-3-6-11(10)18-12;/h4,7-8,10-12,18H,2-3,5-6,9H2,1H3,(H,19,20,21);1H. The Labute approximate surface area is 151 Å². The van der Waals surface area contributed by atoms with Crippen molar-refractivity contribution in [3.05, 3.63) is 18.2 Å². The third-order valence-corrected chi connectivity index (χ3v) is 5.95. The van der Waals surface area contributed by atoms with E-state index in [0.717, 1.165) is 22.4 Å². The molecule has 7 heteroatoms. The fraction of sp³-hybridized carbons (Fsp3) is 0.529. The molecule has 1 aliphatic carbocycles. The number of carbonyl (C=O) groups excluding carboxylic acids is 1. The minimum atomic E-state index is -0.0861. The molecule has 1 aromatic carbocycles. The molecule has 1 aliphatic heterocycles. The molecule has 0 spiro atoms. The number of para-hydroxylation sites is 1. The molecule has 1 aromatic heterocycles. The minimum Gasteiger partial charge on any atom is -0.494 e. The average molecular weight is 368 g/mol. The molecular formula is C17H22ClN3O2S. The molecule has 2 heterocycles. The van der Waals surface area contributed by atoms with Gasteiger partial charge in [-0.1, -0.05) is 30.2 Å². The van der Waals surface area contributed by atoms with Gasteiger partial charge in [-0.25, -0.2) is 4.98 Å². The maximum atomic E-state index is 12.6. The van der Waals surface area contributed by atoms with E-state index in [-0.39, 0.29) is 24.4 Å². The van der Waals surface area contributed by atoms with Crippen molar-refractivity contribution in [1.82, 2.24) is 10.3 Å². The minimum absolute atomic E-state index is 0. The summed E-state index contributed by atoms with van der Waals surface area (Å²) in [6.07, 6.45) is 5.98. The molecule has 2 N–H and O–H groups in total. The fourth-order valence-electron chi connectivity index (χ4n) is 3.86. The maximum absolute atomic E-state index is 12.6. The molecule has 0 radical (unpaired) electrons. The fourth-order valence-corrected chi connectivity index (χ4v) is 4.74. The van der Waals surface area contributed by atoms with Crippen molar-refractivity contribution in [3.8, 4) is 5.75 Å². The smallest absolute Gasteiger partial charge is 0.243 e. The molecule has 4 rings (SSSR count). The molecule has 0 bridgehead atoms. The van der Waals surface area contributed by atoms with E-state index in [1.807, 2.05) is 18.2 Å². The summed E-state index contributed by atoms with van der Waals surface area (Å²) in [6, 6.07) is 6.26. The molecule has 1 saturated carbocycles. The molecule has 2 aromatic rings. The third kappa shape index (κ3) is 3.23. The van der Waals surface area contributed by atoms with Gasteiger partial charge in [0.15, 0.2) is 5.13 Å². The van der Waals surface area contributed by atoms with Gasteiger partial charge in [0.25, 0.3) is 0 Å². The highest BCUT2D eigenvalue weighted by molar-refractivity contribution is 7.22. The highest BCUT2D eigenvalue weighted by Gasteiger charge is 2.38. The normalized spacial score (nSPS) is 25.8.